The quantitative estimate of drug-likeness (QED) is 0.666. The molecule has 2 heterocycles. The predicted octanol–water partition coefficient (Wildman–Crippen LogP) is 2.09. The Morgan fingerprint density at radius 1 is 1.11 bits per heavy atom. The molecule has 0 unspecified atom stereocenters. The van der Waals surface area contributed by atoms with Crippen LogP contribution in [0.5, 0.6) is 0 Å². The number of hydrogen-bond donors (Lipinski definition) is 2. The highest BCUT2D eigenvalue weighted by Crippen LogP contribution is 2.17. The number of amides is 1. The molecular weight excluding hydrogens is 346 g/mol. The van der Waals surface area contributed by atoms with Gasteiger partial charge in [-0.2, -0.15) is 10.2 Å². The summed E-state index contributed by atoms with van der Waals surface area (Å²) in [5.74, 6) is -1.21. The van der Waals surface area contributed by atoms with Crippen molar-refractivity contribution in [2.24, 2.45) is 0 Å². The molecule has 140 valence electrons. The van der Waals surface area contributed by atoms with E-state index in [0.717, 1.165) is 22.6 Å². The van der Waals surface area contributed by atoms with Crippen LogP contribution in [-0.4, -0.2) is 36.5 Å². The first-order valence-electron chi connectivity index (χ1n) is 8.59. The third-order valence-corrected chi connectivity index (χ3v) is 4.33. The van der Waals surface area contributed by atoms with E-state index in [4.69, 9.17) is 5.11 Å². The van der Waals surface area contributed by atoms with Crippen LogP contribution in [-0.2, 0) is 17.9 Å². The zero-order valence-electron chi connectivity index (χ0n) is 15.2. The Bertz CT molecular complexity index is 959. The van der Waals surface area contributed by atoms with Crippen molar-refractivity contribution in [1.29, 1.82) is 0 Å². The summed E-state index contributed by atoms with van der Waals surface area (Å²) in [6, 6.07) is 11.2. The van der Waals surface area contributed by atoms with Crippen molar-refractivity contribution in [1.82, 2.24) is 24.9 Å². The van der Waals surface area contributed by atoms with E-state index in [0.29, 0.717) is 13.1 Å². The maximum absolute atomic E-state index is 12.1. The smallest absolute Gasteiger partial charge is 0.356 e. The highest BCUT2D eigenvalue weighted by Gasteiger charge is 2.14. The average Bonchev–Trinajstić information content (AvgIpc) is 3.24. The topological polar surface area (TPSA) is 102 Å². The summed E-state index contributed by atoms with van der Waals surface area (Å²) in [4.78, 5) is 23.0. The number of nitrogens with zero attached hydrogens (tertiary/aromatic N) is 4. The monoisotopic (exact) mass is 367 g/mol. The lowest BCUT2D eigenvalue weighted by atomic mass is 10.2. The number of aromatic nitrogens is 4. The highest BCUT2D eigenvalue weighted by atomic mass is 16.4. The van der Waals surface area contributed by atoms with Crippen LogP contribution in [0.1, 0.15) is 33.9 Å². The normalized spacial score (nSPS) is 10.7. The van der Waals surface area contributed by atoms with Crippen LogP contribution in [0.25, 0.3) is 5.69 Å². The molecule has 2 aromatic heterocycles. The fourth-order valence-corrected chi connectivity index (χ4v) is 2.84. The Hall–Kier alpha value is -3.42. The molecule has 0 aliphatic rings. The molecule has 0 fully saturated rings. The maximum atomic E-state index is 12.1. The second kappa shape index (κ2) is 7.86. The Morgan fingerprint density at radius 2 is 1.85 bits per heavy atom. The van der Waals surface area contributed by atoms with Gasteiger partial charge in [0.1, 0.15) is 0 Å². The van der Waals surface area contributed by atoms with Crippen LogP contribution in [0, 0.1) is 13.8 Å². The molecule has 0 atom stereocenters. The van der Waals surface area contributed by atoms with Crippen molar-refractivity contribution in [3.05, 3.63) is 65.2 Å². The number of rotatable bonds is 7. The molecule has 0 saturated carbocycles. The Labute approximate surface area is 156 Å². The second-order valence-electron chi connectivity index (χ2n) is 6.19. The van der Waals surface area contributed by atoms with Gasteiger partial charge in [0.15, 0.2) is 5.69 Å². The first kappa shape index (κ1) is 18.4. The third kappa shape index (κ3) is 4.22. The Balaban J connectivity index is 1.59. The first-order chi connectivity index (χ1) is 13.0. The van der Waals surface area contributed by atoms with E-state index in [2.05, 4.69) is 15.5 Å². The van der Waals surface area contributed by atoms with E-state index in [1.165, 1.54) is 10.7 Å². The summed E-state index contributed by atoms with van der Waals surface area (Å²) in [7, 11) is 0. The number of para-hydroxylation sites is 1. The summed E-state index contributed by atoms with van der Waals surface area (Å²) in [5, 5.41) is 20.2. The zero-order valence-corrected chi connectivity index (χ0v) is 15.2. The molecule has 0 aliphatic heterocycles. The molecule has 0 spiro atoms. The maximum Gasteiger partial charge on any atom is 0.356 e. The minimum Gasteiger partial charge on any atom is -0.476 e. The lowest BCUT2D eigenvalue weighted by molar-refractivity contribution is -0.121. The van der Waals surface area contributed by atoms with Crippen molar-refractivity contribution in [2.75, 3.05) is 0 Å². The number of carboxylic acid groups (broad SMARTS) is 1. The summed E-state index contributed by atoms with van der Waals surface area (Å²) in [6.07, 6.45) is 1.76. The molecule has 8 heteroatoms. The van der Waals surface area contributed by atoms with Crippen LogP contribution < -0.4 is 5.32 Å². The van der Waals surface area contributed by atoms with Crippen molar-refractivity contribution in [3.63, 3.8) is 0 Å². The van der Waals surface area contributed by atoms with E-state index < -0.39 is 5.97 Å². The second-order valence-corrected chi connectivity index (χ2v) is 6.19. The minimum atomic E-state index is -1.08. The lowest BCUT2D eigenvalue weighted by Gasteiger charge is -2.07. The predicted molar refractivity (Wildman–Crippen MR) is 98.7 cm³/mol. The molecule has 3 rings (SSSR count). The summed E-state index contributed by atoms with van der Waals surface area (Å²) in [5.41, 5.74) is 3.78. The van der Waals surface area contributed by atoms with Crippen LogP contribution in [0.4, 0.5) is 0 Å². The SMILES string of the molecule is Cc1nn(-c2ccccc2)c(C)c1CNC(=O)CCn1ccc(C(=O)O)n1. The van der Waals surface area contributed by atoms with Gasteiger partial charge in [-0.1, -0.05) is 18.2 Å². The average molecular weight is 367 g/mol. The van der Waals surface area contributed by atoms with Gasteiger partial charge in [-0.05, 0) is 32.0 Å². The molecule has 2 N–H and O–H groups in total. The fourth-order valence-electron chi connectivity index (χ4n) is 2.84. The van der Waals surface area contributed by atoms with Crippen molar-refractivity contribution < 1.29 is 14.7 Å². The lowest BCUT2D eigenvalue weighted by Crippen LogP contribution is -2.24. The molecule has 3 aromatic rings. The van der Waals surface area contributed by atoms with Gasteiger partial charge in [0, 0.05) is 37.0 Å². The first-order valence-corrected chi connectivity index (χ1v) is 8.59. The van der Waals surface area contributed by atoms with E-state index in [1.54, 1.807) is 6.20 Å². The van der Waals surface area contributed by atoms with Gasteiger partial charge in [-0.15, -0.1) is 0 Å². The number of carbonyl (C=O) groups is 2. The zero-order chi connectivity index (χ0) is 19.4. The standard InChI is InChI=1S/C19H21N5O3/c1-13-16(14(2)24(21-13)15-6-4-3-5-7-15)12-20-18(25)9-11-23-10-8-17(22-23)19(26)27/h3-8,10H,9,11-12H2,1-2H3,(H,20,25)(H,26,27). The number of aryl methyl sites for hydroxylation is 2. The molecule has 0 bridgehead atoms. The van der Waals surface area contributed by atoms with Gasteiger partial charge >= 0.3 is 5.97 Å². The van der Waals surface area contributed by atoms with Crippen LogP contribution >= 0.6 is 0 Å². The van der Waals surface area contributed by atoms with Crippen molar-refractivity contribution in [2.45, 2.75) is 33.4 Å². The Morgan fingerprint density at radius 3 is 2.52 bits per heavy atom. The number of carbonyl (C=O) groups excluding carboxylic acids is 1. The van der Waals surface area contributed by atoms with Crippen LogP contribution in [0.3, 0.4) is 0 Å². The molecule has 0 radical (unpaired) electrons. The van der Waals surface area contributed by atoms with Gasteiger partial charge in [0.2, 0.25) is 5.91 Å². The molecule has 8 nitrogen and oxygen atoms in total. The minimum absolute atomic E-state index is 0.0324. The summed E-state index contributed by atoms with van der Waals surface area (Å²) >= 11 is 0. The van der Waals surface area contributed by atoms with E-state index in [9.17, 15) is 9.59 Å². The highest BCUT2D eigenvalue weighted by molar-refractivity contribution is 5.85. The largest absolute Gasteiger partial charge is 0.476 e. The van der Waals surface area contributed by atoms with E-state index in [-0.39, 0.29) is 18.0 Å². The van der Waals surface area contributed by atoms with E-state index >= 15 is 0 Å². The Kier molecular flexibility index (Phi) is 5.35. The van der Waals surface area contributed by atoms with E-state index in [1.807, 2.05) is 48.9 Å². The number of carboxylic acids is 1. The fraction of sp³-hybridized carbons (Fsp3) is 0.263. The van der Waals surface area contributed by atoms with Crippen LogP contribution in [0.2, 0.25) is 0 Å². The number of benzene rings is 1. The molecule has 0 saturated heterocycles. The van der Waals surface area contributed by atoms with Gasteiger partial charge in [0.05, 0.1) is 11.4 Å². The third-order valence-electron chi connectivity index (χ3n) is 4.33. The van der Waals surface area contributed by atoms with Crippen molar-refractivity contribution >= 4 is 11.9 Å². The van der Waals surface area contributed by atoms with Gasteiger partial charge in [-0.3, -0.25) is 9.48 Å². The molecule has 0 aliphatic carbocycles. The molecular formula is C19H21N5O3. The van der Waals surface area contributed by atoms with Gasteiger partial charge in [-0.25, -0.2) is 9.48 Å². The van der Waals surface area contributed by atoms with Gasteiger partial charge < -0.3 is 10.4 Å². The van der Waals surface area contributed by atoms with Crippen molar-refractivity contribution in [3.8, 4) is 5.69 Å². The molecule has 1 amide bonds. The summed E-state index contributed by atoms with van der Waals surface area (Å²) < 4.78 is 3.32. The number of hydrogen-bond acceptors (Lipinski definition) is 4. The van der Waals surface area contributed by atoms with Gasteiger partial charge in [0.25, 0.3) is 0 Å². The number of nitrogens with one attached hydrogen (secondary N) is 1. The van der Waals surface area contributed by atoms with Crippen LogP contribution in [0.15, 0.2) is 42.6 Å². The molecule has 1 aromatic carbocycles. The summed E-state index contributed by atoms with van der Waals surface area (Å²) in [6.45, 7) is 4.61. The molecule has 27 heavy (non-hydrogen) atoms. The number of aromatic carboxylic acids is 1.